The molecule has 0 N–H and O–H groups in total. The predicted octanol–water partition coefficient (Wildman–Crippen LogP) is 2.50. The summed E-state index contributed by atoms with van der Waals surface area (Å²) in [5, 5.41) is 0. The molecular formula is C12H17N. The molecule has 3 rings (SSSR count). The third-order valence-corrected chi connectivity index (χ3v) is 4.37. The smallest absolute Gasteiger partial charge is 0.0621 e. The summed E-state index contributed by atoms with van der Waals surface area (Å²) in [6, 6.07) is 0. The van der Waals surface area contributed by atoms with Gasteiger partial charge in [0, 0.05) is 0 Å². The van der Waals surface area contributed by atoms with Crippen molar-refractivity contribution in [2.45, 2.75) is 43.2 Å². The van der Waals surface area contributed by atoms with E-state index in [0.29, 0.717) is 11.1 Å². The van der Waals surface area contributed by atoms with E-state index in [0.717, 1.165) is 0 Å². The van der Waals surface area contributed by atoms with E-state index in [1.165, 1.54) is 32.1 Å². The van der Waals surface area contributed by atoms with E-state index in [9.17, 15) is 0 Å². The van der Waals surface area contributed by atoms with Crippen molar-refractivity contribution in [3.05, 3.63) is 24.3 Å². The van der Waals surface area contributed by atoms with Crippen LogP contribution in [0.4, 0.5) is 0 Å². The van der Waals surface area contributed by atoms with Crippen LogP contribution in [-0.4, -0.2) is 23.0 Å². The maximum absolute atomic E-state index is 2.57. The molecule has 1 heterocycles. The molecule has 0 spiro atoms. The number of hydrogen-bond donors (Lipinski definition) is 0. The summed E-state index contributed by atoms with van der Waals surface area (Å²) in [6.45, 7) is 0. The van der Waals surface area contributed by atoms with Crippen molar-refractivity contribution in [1.29, 1.82) is 0 Å². The van der Waals surface area contributed by atoms with Crippen LogP contribution in [0.25, 0.3) is 0 Å². The summed E-state index contributed by atoms with van der Waals surface area (Å²) in [5.41, 5.74) is 0.858. The van der Waals surface area contributed by atoms with Gasteiger partial charge in [0.25, 0.3) is 0 Å². The lowest BCUT2D eigenvalue weighted by Crippen LogP contribution is -2.22. The fourth-order valence-corrected chi connectivity index (χ4v) is 3.51. The molecule has 1 aliphatic heterocycles. The highest BCUT2D eigenvalue weighted by Crippen LogP contribution is 2.60. The van der Waals surface area contributed by atoms with Gasteiger partial charge in [0.05, 0.1) is 11.1 Å². The van der Waals surface area contributed by atoms with Gasteiger partial charge in [0.1, 0.15) is 0 Å². The van der Waals surface area contributed by atoms with Crippen molar-refractivity contribution < 1.29 is 0 Å². The number of likely N-dealkylation sites (N-methyl/N-ethyl adjacent to an activating group) is 1. The molecule has 0 aromatic rings. The van der Waals surface area contributed by atoms with E-state index in [-0.39, 0.29) is 0 Å². The first-order valence-electron chi connectivity index (χ1n) is 5.43. The normalized spacial score (nSPS) is 52.2. The van der Waals surface area contributed by atoms with Crippen LogP contribution in [0.2, 0.25) is 0 Å². The molecule has 3 aliphatic rings. The molecule has 2 aliphatic carbocycles. The Hall–Kier alpha value is -0.560. The predicted molar refractivity (Wildman–Crippen MR) is 54.6 cm³/mol. The van der Waals surface area contributed by atoms with Crippen LogP contribution < -0.4 is 0 Å². The number of rotatable bonds is 0. The highest BCUT2D eigenvalue weighted by molar-refractivity contribution is 5.46. The third kappa shape index (κ3) is 0.727. The molecule has 1 saturated heterocycles. The minimum atomic E-state index is 0.429. The lowest BCUT2D eigenvalue weighted by atomic mass is 9.85. The molecule has 2 atom stereocenters. The molecule has 70 valence electrons. The SMILES string of the molecule is CN1C23C=CC=CC12CCCCC3. The van der Waals surface area contributed by atoms with Gasteiger partial charge in [-0.2, -0.15) is 0 Å². The van der Waals surface area contributed by atoms with Gasteiger partial charge in [-0.15, -0.1) is 0 Å². The quantitative estimate of drug-likeness (QED) is 0.511. The van der Waals surface area contributed by atoms with Crippen molar-refractivity contribution in [2.75, 3.05) is 7.05 Å². The van der Waals surface area contributed by atoms with E-state index in [1.54, 1.807) is 0 Å². The molecule has 2 unspecified atom stereocenters. The van der Waals surface area contributed by atoms with Crippen LogP contribution in [0.1, 0.15) is 32.1 Å². The van der Waals surface area contributed by atoms with Crippen LogP contribution in [0.15, 0.2) is 24.3 Å². The molecule has 13 heavy (non-hydrogen) atoms. The summed E-state index contributed by atoms with van der Waals surface area (Å²) >= 11 is 0. The molecular weight excluding hydrogens is 158 g/mol. The lowest BCUT2D eigenvalue weighted by molar-refractivity contribution is 0.443. The van der Waals surface area contributed by atoms with Gasteiger partial charge in [-0.1, -0.05) is 43.6 Å². The van der Waals surface area contributed by atoms with Crippen molar-refractivity contribution in [3.63, 3.8) is 0 Å². The first kappa shape index (κ1) is 7.81. The fourth-order valence-electron chi connectivity index (χ4n) is 3.51. The van der Waals surface area contributed by atoms with Crippen molar-refractivity contribution >= 4 is 0 Å². The number of hydrogen-bond acceptors (Lipinski definition) is 1. The maximum atomic E-state index is 2.57. The van der Waals surface area contributed by atoms with Gasteiger partial charge in [-0.25, -0.2) is 0 Å². The Morgan fingerprint density at radius 2 is 1.46 bits per heavy atom. The molecule has 1 saturated carbocycles. The van der Waals surface area contributed by atoms with E-state index in [4.69, 9.17) is 0 Å². The second kappa shape index (κ2) is 2.27. The Bertz CT molecular complexity index is 263. The van der Waals surface area contributed by atoms with E-state index in [2.05, 4.69) is 36.3 Å². The van der Waals surface area contributed by atoms with Crippen LogP contribution in [-0.2, 0) is 0 Å². The van der Waals surface area contributed by atoms with Crippen LogP contribution in [0.5, 0.6) is 0 Å². The minimum Gasteiger partial charge on any atom is -0.284 e. The average Bonchev–Trinajstić information content (AvgIpc) is 2.75. The van der Waals surface area contributed by atoms with Crippen LogP contribution in [0, 0.1) is 0 Å². The molecule has 1 nitrogen and oxygen atoms in total. The number of allylic oxidation sites excluding steroid dienone is 2. The first-order valence-corrected chi connectivity index (χ1v) is 5.43. The fraction of sp³-hybridized carbons (Fsp3) is 0.667. The summed E-state index contributed by atoms with van der Waals surface area (Å²) in [7, 11) is 2.28. The Balaban J connectivity index is 2.03. The van der Waals surface area contributed by atoms with Crippen molar-refractivity contribution in [1.82, 2.24) is 4.90 Å². The van der Waals surface area contributed by atoms with Crippen molar-refractivity contribution in [3.8, 4) is 0 Å². The molecule has 2 fully saturated rings. The molecule has 0 amide bonds. The maximum Gasteiger partial charge on any atom is 0.0621 e. The highest BCUT2D eigenvalue weighted by Gasteiger charge is 2.69. The monoisotopic (exact) mass is 175 g/mol. The summed E-state index contributed by atoms with van der Waals surface area (Å²) in [5.74, 6) is 0. The van der Waals surface area contributed by atoms with Crippen molar-refractivity contribution in [2.24, 2.45) is 0 Å². The molecule has 0 aromatic carbocycles. The largest absolute Gasteiger partial charge is 0.284 e. The van der Waals surface area contributed by atoms with E-state index < -0.39 is 0 Å². The molecule has 0 bridgehead atoms. The zero-order chi connectivity index (χ0) is 8.94. The zero-order valence-corrected chi connectivity index (χ0v) is 8.29. The van der Waals surface area contributed by atoms with E-state index in [1.807, 2.05) is 0 Å². The highest BCUT2D eigenvalue weighted by atomic mass is 15.4. The van der Waals surface area contributed by atoms with Gasteiger partial charge in [0.2, 0.25) is 0 Å². The van der Waals surface area contributed by atoms with Gasteiger partial charge in [0.15, 0.2) is 0 Å². The summed E-state index contributed by atoms with van der Waals surface area (Å²) < 4.78 is 0. The molecule has 0 radical (unpaired) electrons. The third-order valence-electron chi connectivity index (χ3n) is 4.37. The molecule has 1 heteroatoms. The van der Waals surface area contributed by atoms with Gasteiger partial charge < -0.3 is 0 Å². The van der Waals surface area contributed by atoms with Crippen LogP contribution in [0.3, 0.4) is 0 Å². The second-order valence-corrected chi connectivity index (χ2v) is 4.69. The van der Waals surface area contributed by atoms with Crippen LogP contribution >= 0.6 is 0 Å². The Labute approximate surface area is 80.1 Å². The summed E-state index contributed by atoms with van der Waals surface area (Å²) in [4.78, 5) is 2.57. The van der Waals surface area contributed by atoms with Gasteiger partial charge >= 0.3 is 0 Å². The topological polar surface area (TPSA) is 3.01 Å². The Morgan fingerprint density at radius 1 is 0.923 bits per heavy atom. The zero-order valence-electron chi connectivity index (χ0n) is 8.29. The summed E-state index contributed by atoms with van der Waals surface area (Å²) in [6.07, 6.45) is 16.3. The standard InChI is InChI=1S/C12H17N/c1-13-11-7-3-2-4-8-12(11,13)10-6-5-9-11/h5-6,9-10H,2-4,7-8H2,1H3. The minimum absolute atomic E-state index is 0.429. The Kier molecular flexibility index (Phi) is 1.36. The number of likely N-dealkylation sites (tertiary alicyclic amines) is 1. The van der Waals surface area contributed by atoms with Gasteiger partial charge in [-0.3, -0.25) is 4.90 Å². The van der Waals surface area contributed by atoms with E-state index >= 15 is 0 Å². The average molecular weight is 175 g/mol. The number of nitrogens with zero attached hydrogens (tertiary/aromatic N) is 1. The second-order valence-electron chi connectivity index (χ2n) is 4.69. The first-order chi connectivity index (χ1) is 6.32. The lowest BCUT2D eigenvalue weighted by Gasteiger charge is -2.15. The molecule has 0 aromatic heterocycles. The Morgan fingerprint density at radius 3 is 2.00 bits per heavy atom. The van der Waals surface area contributed by atoms with Gasteiger partial charge in [-0.05, 0) is 19.9 Å².